The SMILES string of the molecule is NC(=O)C1=CN([C@H]2O[C@H](COP(=O)([O-])OP(=O)([O-])OC[C@H]3O[C@@H](n4cnc5c(N)ncnc54)[C@H](O)[C@@H]3O)[C@@H](O)[C@H]2O)C=CC1. The number of nitrogens with zero attached hydrogens (tertiary/aromatic N) is 5. The van der Waals surface area contributed by atoms with E-state index in [4.69, 9.17) is 20.9 Å². The van der Waals surface area contributed by atoms with Crippen molar-refractivity contribution in [2.45, 2.75) is 55.5 Å². The highest BCUT2D eigenvalue weighted by Crippen LogP contribution is 2.56. The van der Waals surface area contributed by atoms with Gasteiger partial charge in [-0.1, -0.05) is 6.08 Å². The lowest BCUT2D eigenvalue weighted by Crippen LogP contribution is -2.40. The molecular weight excluding hydrogens is 636 g/mol. The molecule has 2 fully saturated rings. The molecule has 3 aliphatic rings. The van der Waals surface area contributed by atoms with Crippen molar-refractivity contribution in [3.63, 3.8) is 0 Å². The van der Waals surface area contributed by atoms with Crippen molar-refractivity contribution in [3.8, 4) is 0 Å². The van der Waals surface area contributed by atoms with Crippen LogP contribution in [-0.4, -0.2) is 107 Å². The minimum absolute atomic E-state index is 0.0375. The van der Waals surface area contributed by atoms with E-state index in [2.05, 4.69) is 28.3 Å². The Balaban J connectivity index is 1.15. The quantitative estimate of drug-likeness (QED) is 0.125. The van der Waals surface area contributed by atoms with Crippen molar-refractivity contribution in [1.29, 1.82) is 0 Å². The molecule has 5 heterocycles. The zero-order valence-corrected chi connectivity index (χ0v) is 24.1. The van der Waals surface area contributed by atoms with Crippen molar-refractivity contribution in [1.82, 2.24) is 24.4 Å². The lowest BCUT2D eigenvalue weighted by molar-refractivity contribution is -0.246. The van der Waals surface area contributed by atoms with Gasteiger partial charge < -0.3 is 65.1 Å². The van der Waals surface area contributed by atoms with Crippen molar-refractivity contribution in [3.05, 3.63) is 36.7 Å². The molecule has 23 heteroatoms. The van der Waals surface area contributed by atoms with Crippen LogP contribution >= 0.6 is 15.6 Å². The van der Waals surface area contributed by atoms with Gasteiger partial charge in [-0.3, -0.25) is 18.5 Å². The first-order valence-corrected chi connectivity index (χ1v) is 15.6. The third kappa shape index (κ3) is 6.70. The lowest BCUT2D eigenvalue weighted by Gasteiger charge is -2.32. The van der Waals surface area contributed by atoms with Crippen LogP contribution in [0.3, 0.4) is 0 Å². The number of imidazole rings is 1. The van der Waals surface area contributed by atoms with Gasteiger partial charge in [0.25, 0.3) is 15.6 Å². The summed E-state index contributed by atoms with van der Waals surface area (Å²) in [5.41, 5.74) is 11.5. The van der Waals surface area contributed by atoms with E-state index >= 15 is 0 Å². The van der Waals surface area contributed by atoms with Gasteiger partial charge in [-0.05, 0) is 6.42 Å². The molecule has 21 nitrogen and oxygen atoms in total. The molecule has 8 N–H and O–H groups in total. The van der Waals surface area contributed by atoms with Gasteiger partial charge in [-0.25, -0.2) is 19.3 Å². The number of rotatable bonds is 11. The molecule has 0 radical (unpaired) electrons. The first-order valence-electron chi connectivity index (χ1n) is 12.7. The van der Waals surface area contributed by atoms with Crippen molar-refractivity contribution >= 4 is 38.5 Å². The average Bonchev–Trinajstić information content (AvgIpc) is 3.61. The Bertz CT molecular complexity index is 1560. The van der Waals surface area contributed by atoms with Crippen molar-refractivity contribution < 1.29 is 67.0 Å². The van der Waals surface area contributed by atoms with E-state index in [1.807, 2.05) is 0 Å². The van der Waals surface area contributed by atoms with Crippen LogP contribution in [0.4, 0.5) is 5.82 Å². The zero-order chi connectivity index (χ0) is 32.0. The predicted octanol–water partition coefficient (Wildman–Crippen LogP) is -3.95. The largest absolute Gasteiger partial charge is 0.756 e. The number of nitrogen functional groups attached to an aromatic ring is 1. The number of aliphatic hydroxyl groups excluding tert-OH is 4. The number of allylic oxidation sites excluding steroid dienone is 1. The Hall–Kier alpha value is -2.88. The number of carbonyl (C=O) groups excluding carboxylic acids is 1. The molecule has 2 saturated heterocycles. The number of aromatic nitrogens is 4. The molecule has 0 aliphatic carbocycles. The zero-order valence-electron chi connectivity index (χ0n) is 22.3. The normalized spacial score (nSPS) is 33.3. The number of phosphoric ester groups is 2. The molecule has 0 aromatic carbocycles. The molecule has 0 spiro atoms. The van der Waals surface area contributed by atoms with Crippen LogP contribution in [0.1, 0.15) is 12.6 Å². The maximum Gasteiger partial charge on any atom is 0.274 e. The summed E-state index contributed by atoms with van der Waals surface area (Å²) in [6.07, 6.45) is -5.32. The minimum Gasteiger partial charge on any atom is -0.756 e. The summed E-state index contributed by atoms with van der Waals surface area (Å²) in [4.78, 5) is 49.0. The number of ether oxygens (including phenoxy) is 2. The van der Waals surface area contributed by atoms with Crippen molar-refractivity contribution in [2.75, 3.05) is 18.9 Å². The molecule has 2 aromatic heterocycles. The van der Waals surface area contributed by atoms with Gasteiger partial charge in [0.2, 0.25) is 5.91 Å². The van der Waals surface area contributed by atoms with Crippen LogP contribution in [0, 0.1) is 0 Å². The van der Waals surface area contributed by atoms with Gasteiger partial charge in [-0.15, -0.1) is 0 Å². The molecule has 3 aliphatic heterocycles. The fourth-order valence-electron chi connectivity index (χ4n) is 4.66. The fourth-order valence-corrected chi connectivity index (χ4v) is 6.68. The third-order valence-electron chi connectivity index (χ3n) is 6.86. The second-order valence-electron chi connectivity index (χ2n) is 9.80. The molecule has 0 bridgehead atoms. The second-order valence-corrected chi connectivity index (χ2v) is 12.8. The number of primary amides is 1. The number of nitrogens with two attached hydrogens (primary N) is 2. The molecule has 1 amide bonds. The highest BCUT2D eigenvalue weighted by molar-refractivity contribution is 7.59. The number of fused-ring (bicyclic) bond motifs is 1. The van der Waals surface area contributed by atoms with Crippen LogP contribution in [0.5, 0.6) is 0 Å². The molecule has 44 heavy (non-hydrogen) atoms. The number of phosphoric acid groups is 2. The Morgan fingerprint density at radius 1 is 0.977 bits per heavy atom. The minimum atomic E-state index is -5.68. The summed E-state index contributed by atoms with van der Waals surface area (Å²) in [6, 6.07) is 0. The Labute approximate surface area is 247 Å². The maximum atomic E-state index is 12.3. The Morgan fingerprint density at radius 2 is 1.57 bits per heavy atom. The van der Waals surface area contributed by atoms with Gasteiger partial charge >= 0.3 is 0 Å². The van der Waals surface area contributed by atoms with E-state index in [9.17, 15) is 44.1 Å². The number of amides is 1. The van der Waals surface area contributed by atoms with E-state index in [0.29, 0.717) is 0 Å². The number of carbonyl (C=O) groups is 1. The summed E-state index contributed by atoms with van der Waals surface area (Å²) in [7, 11) is -11.4. The second kappa shape index (κ2) is 12.5. The fraction of sp³-hybridized carbons (Fsp3) is 0.524. The van der Waals surface area contributed by atoms with E-state index in [-0.39, 0.29) is 29.0 Å². The standard InChI is InChI=1S/C21H29N7O14P2/c22-17-12-19(25-7-24-17)28(8-26-12)21-16(32)14(30)11(41-21)6-39-44(36,37)42-43(34,35)38-5-10-13(29)15(31)20(40-10)27-3-1-2-9(4-27)18(23)33/h1,3-4,7-8,10-11,13-16,20-21,29-32H,2,5-6H2,(H2,23,33)(H,34,35)(H,36,37)(H2,22,24,25)/p-2/t10-,11-,13-,14-,15-,16-,20+,21-/m1/s1. The summed E-state index contributed by atoms with van der Waals surface area (Å²) < 4.78 is 49.9. The van der Waals surface area contributed by atoms with Crippen LogP contribution in [0.25, 0.3) is 11.2 Å². The van der Waals surface area contributed by atoms with Crippen LogP contribution in [0.15, 0.2) is 36.7 Å². The topological polar surface area (TPSA) is 323 Å². The molecule has 10 atom stereocenters. The van der Waals surface area contributed by atoms with E-state index in [0.717, 1.165) is 6.33 Å². The lowest BCUT2D eigenvalue weighted by atomic mass is 10.1. The first kappa shape index (κ1) is 32.5. The van der Waals surface area contributed by atoms with Gasteiger partial charge in [-0.2, -0.15) is 0 Å². The van der Waals surface area contributed by atoms with E-state index in [1.165, 1.54) is 28.2 Å². The summed E-state index contributed by atoms with van der Waals surface area (Å²) in [6.45, 7) is -1.97. The predicted molar refractivity (Wildman–Crippen MR) is 137 cm³/mol. The summed E-state index contributed by atoms with van der Waals surface area (Å²) in [5.74, 6) is -0.686. The highest BCUT2D eigenvalue weighted by atomic mass is 31.3. The van der Waals surface area contributed by atoms with Crippen LogP contribution in [-0.2, 0) is 36.8 Å². The van der Waals surface area contributed by atoms with Gasteiger partial charge in [0.05, 0.1) is 19.5 Å². The average molecular weight is 663 g/mol. The Morgan fingerprint density at radius 3 is 2.18 bits per heavy atom. The van der Waals surface area contributed by atoms with Crippen LogP contribution < -0.4 is 21.3 Å². The van der Waals surface area contributed by atoms with E-state index in [1.54, 1.807) is 6.08 Å². The number of aliphatic hydroxyl groups is 4. The van der Waals surface area contributed by atoms with E-state index < -0.39 is 83.8 Å². The van der Waals surface area contributed by atoms with Crippen LogP contribution in [0.2, 0.25) is 0 Å². The molecule has 2 aromatic rings. The molecule has 2 unspecified atom stereocenters. The third-order valence-corrected chi connectivity index (χ3v) is 9.39. The summed E-state index contributed by atoms with van der Waals surface area (Å²) >= 11 is 0. The molecule has 5 rings (SSSR count). The first-order chi connectivity index (χ1) is 20.7. The van der Waals surface area contributed by atoms with Gasteiger partial charge in [0.15, 0.2) is 23.9 Å². The Kier molecular flexibility index (Phi) is 9.23. The molecule has 0 saturated carbocycles. The maximum absolute atomic E-state index is 12.3. The van der Waals surface area contributed by atoms with Gasteiger partial charge in [0.1, 0.15) is 48.5 Å². The number of hydrogen-bond acceptors (Lipinski definition) is 19. The van der Waals surface area contributed by atoms with Gasteiger partial charge in [0, 0.05) is 18.0 Å². The van der Waals surface area contributed by atoms with Crippen molar-refractivity contribution in [2.24, 2.45) is 5.73 Å². The highest BCUT2D eigenvalue weighted by Gasteiger charge is 2.47. The molecule has 242 valence electrons. The summed E-state index contributed by atoms with van der Waals surface area (Å²) in [5, 5.41) is 41.5. The number of anilines is 1. The molecular formula is C21H27N7O14P2-2. The number of hydrogen-bond donors (Lipinski definition) is 6. The smallest absolute Gasteiger partial charge is 0.274 e. The monoisotopic (exact) mass is 663 g/mol.